The molecule has 278 valence electrons. The smallest absolute Gasteiger partial charge is 0.140 e. The molecule has 6 aliphatic carbocycles. The van der Waals surface area contributed by atoms with Gasteiger partial charge in [-0.15, -0.1) is 0 Å². The van der Waals surface area contributed by atoms with Crippen LogP contribution in [0.4, 0.5) is 0 Å². The van der Waals surface area contributed by atoms with Gasteiger partial charge < -0.3 is 0 Å². The fraction of sp³-hybridized carbons (Fsp3) is 0.612. The highest BCUT2D eigenvalue weighted by atomic mass is 16.1. The van der Waals surface area contributed by atoms with Crippen molar-refractivity contribution in [1.29, 1.82) is 0 Å². The lowest BCUT2D eigenvalue weighted by Crippen LogP contribution is -2.37. The van der Waals surface area contributed by atoms with Gasteiger partial charge in [-0.25, -0.2) is 0 Å². The van der Waals surface area contributed by atoms with E-state index >= 15 is 0 Å². The first-order valence-corrected chi connectivity index (χ1v) is 21.2. The normalized spacial score (nSPS) is 32.2. The number of hydrogen-bond acceptors (Lipinski definition) is 3. The van der Waals surface area contributed by atoms with E-state index in [9.17, 15) is 14.4 Å². The molecule has 3 saturated carbocycles. The van der Waals surface area contributed by atoms with Gasteiger partial charge in [0, 0.05) is 54.8 Å². The van der Waals surface area contributed by atoms with E-state index in [4.69, 9.17) is 6.58 Å². The lowest BCUT2D eigenvalue weighted by molar-refractivity contribution is -0.127. The molecule has 6 aliphatic rings. The maximum Gasteiger partial charge on any atom is 0.140 e. The topological polar surface area (TPSA) is 51.2 Å². The van der Waals surface area contributed by atoms with Gasteiger partial charge in [0.25, 0.3) is 0 Å². The second-order valence-electron chi connectivity index (χ2n) is 18.3. The third-order valence-corrected chi connectivity index (χ3v) is 14.9. The molecule has 0 radical (unpaired) electrons. The second kappa shape index (κ2) is 16.5. The fourth-order valence-electron chi connectivity index (χ4n) is 11.7. The van der Waals surface area contributed by atoms with Crippen molar-refractivity contribution in [2.75, 3.05) is 0 Å². The molecule has 5 atom stereocenters. The monoisotopic (exact) mass is 700 g/mol. The fourth-order valence-corrected chi connectivity index (χ4v) is 11.7. The number of fused-ring (bicyclic) bond motifs is 2. The predicted molar refractivity (Wildman–Crippen MR) is 213 cm³/mol. The van der Waals surface area contributed by atoms with E-state index in [0.717, 1.165) is 56.8 Å². The molecule has 0 spiro atoms. The molecule has 7 rings (SSSR count). The third-order valence-electron chi connectivity index (χ3n) is 14.9. The summed E-state index contributed by atoms with van der Waals surface area (Å²) in [6.45, 7) is 9.20. The average molecular weight is 701 g/mol. The standard InChI is InChI=1S/C49H64O3/c1-33(44-19-11-17-38-14-9-10-18-45(38)44)28-43(50)31-49(3,34(2)35-20-22-37(23-21-35)36-12-5-4-6-13-36)32-48(52)40-26-24-39(25-27-40)46-29-41-15-7-8-16-42(41)30-47(46)51/h7-11,14-19,33,35-40,45-46H,2,4-6,12-13,20-32H2,1,3H3. The van der Waals surface area contributed by atoms with Crippen LogP contribution < -0.4 is 0 Å². The van der Waals surface area contributed by atoms with E-state index < -0.39 is 5.41 Å². The van der Waals surface area contributed by atoms with E-state index in [2.05, 4.69) is 74.6 Å². The molecule has 0 N–H and O–H groups in total. The van der Waals surface area contributed by atoms with Crippen molar-refractivity contribution >= 4 is 17.3 Å². The number of ketones is 3. The minimum Gasteiger partial charge on any atom is -0.300 e. The largest absolute Gasteiger partial charge is 0.300 e. The zero-order valence-electron chi connectivity index (χ0n) is 32.2. The van der Waals surface area contributed by atoms with Gasteiger partial charge in [0.1, 0.15) is 17.3 Å². The van der Waals surface area contributed by atoms with Crippen LogP contribution in [-0.4, -0.2) is 17.3 Å². The van der Waals surface area contributed by atoms with Crippen molar-refractivity contribution in [2.45, 2.75) is 129 Å². The van der Waals surface area contributed by atoms with Crippen LogP contribution in [0, 0.1) is 58.7 Å². The Morgan fingerprint density at radius 1 is 0.769 bits per heavy atom. The number of rotatable bonds is 12. The Hall–Kier alpha value is -3.07. The lowest BCUT2D eigenvalue weighted by atomic mass is 9.62. The molecule has 3 nitrogen and oxygen atoms in total. The highest BCUT2D eigenvalue weighted by molar-refractivity contribution is 5.86. The molecule has 3 fully saturated rings. The van der Waals surface area contributed by atoms with Crippen LogP contribution in [0.3, 0.4) is 0 Å². The Kier molecular flexibility index (Phi) is 11.8. The summed E-state index contributed by atoms with van der Waals surface area (Å²) >= 11 is 0. The van der Waals surface area contributed by atoms with Crippen LogP contribution in [0.5, 0.6) is 0 Å². The molecule has 0 aromatic heterocycles. The van der Waals surface area contributed by atoms with E-state index in [1.165, 1.54) is 67.2 Å². The minimum absolute atomic E-state index is 0.0210. The molecule has 0 amide bonds. The third kappa shape index (κ3) is 8.34. The first-order chi connectivity index (χ1) is 25.2. The van der Waals surface area contributed by atoms with Gasteiger partial charge in [0.15, 0.2) is 0 Å². The maximum atomic E-state index is 14.3. The highest BCUT2D eigenvalue weighted by Gasteiger charge is 2.42. The Balaban J connectivity index is 1.01. The van der Waals surface area contributed by atoms with Crippen molar-refractivity contribution in [3.05, 3.63) is 95.6 Å². The van der Waals surface area contributed by atoms with Gasteiger partial charge in [-0.05, 0) is 98.5 Å². The SMILES string of the molecule is C=C(C1CCC(C2CCCCC2)CC1)C(C)(CC(=O)CC(C)C1=CC=CC2C=CC=CC12)CC(=O)C1CCC(C2Cc3ccccc3CC2=O)CC1. The summed E-state index contributed by atoms with van der Waals surface area (Å²) < 4.78 is 0. The van der Waals surface area contributed by atoms with Crippen molar-refractivity contribution in [1.82, 2.24) is 0 Å². The number of carbonyl (C=O) groups excluding carboxylic acids is 3. The van der Waals surface area contributed by atoms with Crippen LogP contribution in [0.1, 0.15) is 128 Å². The molecule has 3 heteroatoms. The molecular formula is C49H64O3. The summed E-state index contributed by atoms with van der Waals surface area (Å²) in [5.41, 5.74) is 4.51. The summed E-state index contributed by atoms with van der Waals surface area (Å²) in [5, 5.41) is 0. The van der Waals surface area contributed by atoms with Crippen molar-refractivity contribution < 1.29 is 14.4 Å². The molecule has 0 aliphatic heterocycles. The number of carbonyl (C=O) groups is 3. The van der Waals surface area contributed by atoms with E-state index in [-0.39, 0.29) is 23.5 Å². The van der Waals surface area contributed by atoms with Gasteiger partial charge in [-0.3, -0.25) is 14.4 Å². The lowest BCUT2D eigenvalue weighted by Gasteiger charge is -2.42. The molecule has 0 saturated heterocycles. The van der Waals surface area contributed by atoms with Crippen molar-refractivity contribution in [3.8, 4) is 0 Å². The summed E-state index contributed by atoms with van der Waals surface area (Å²) in [7, 11) is 0. The van der Waals surface area contributed by atoms with Crippen LogP contribution in [0.2, 0.25) is 0 Å². The quantitative estimate of drug-likeness (QED) is 0.204. The second-order valence-corrected chi connectivity index (χ2v) is 18.3. The molecule has 5 unspecified atom stereocenters. The Bertz CT molecular complexity index is 1600. The maximum absolute atomic E-state index is 14.3. The number of benzene rings is 1. The van der Waals surface area contributed by atoms with Gasteiger partial charge in [-0.2, -0.15) is 0 Å². The Morgan fingerprint density at radius 3 is 2.15 bits per heavy atom. The summed E-state index contributed by atoms with van der Waals surface area (Å²) in [6.07, 6.45) is 33.7. The molecular weight excluding hydrogens is 637 g/mol. The predicted octanol–water partition coefficient (Wildman–Crippen LogP) is 11.5. The van der Waals surface area contributed by atoms with Crippen LogP contribution in [0.25, 0.3) is 0 Å². The van der Waals surface area contributed by atoms with Crippen LogP contribution >= 0.6 is 0 Å². The van der Waals surface area contributed by atoms with E-state index in [0.29, 0.717) is 60.9 Å². The van der Waals surface area contributed by atoms with Gasteiger partial charge in [0.2, 0.25) is 0 Å². The van der Waals surface area contributed by atoms with Gasteiger partial charge in [0.05, 0.1) is 0 Å². The zero-order valence-corrected chi connectivity index (χ0v) is 32.2. The van der Waals surface area contributed by atoms with E-state index in [1.807, 2.05) is 6.07 Å². The number of allylic oxidation sites excluding steroid dienone is 9. The summed E-state index contributed by atoms with van der Waals surface area (Å²) in [4.78, 5) is 41.7. The highest BCUT2D eigenvalue weighted by Crippen LogP contribution is 2.49. The molecule has 52 heavy (non-hydrogen) atoms. The molecule has 0 bridgehead atoms. The van der Waals surface area contributed by atoms with Crippen molar-refractivity contribution in [2.24, 2.45) is 58.7 Å². The number of hydrogen-bond donors (Lipinski definition) is 0. The zero-order chi connectivity index (χ0) is 36.2. The van der Waals surface area contributed by atoms with Crippen molar-refractivity contribution in [3.63, 3.8) is 0 Å². The molecule has 1 aromatic carbocycles. The minimum atomic E-state index is -0.521. The Labute approximate surface area is 314 Å². The van der Waals surface area contributed by atoms with Crippen LogP contribution in [-0.2, 0) is 27.2 Å². The average Bonchev–Trinajstić information content (AvgIpc) is 3.17. The van der Waals surface area contributed by atoms with Gasteiger partial charge >= 0.3 is 0 Å². The summed E-state index contributed by atoms with van der Waals surface area (Å²) in [5.74, 6) is 4.43. The van der Waals surface area contributed by atoms with Crippen LogP contribution in [0.15, 0.2) is 84.5 Å². The summed E-state index contributed by atoms with van der Waals surface area (Å²) in [6, 6.07) is 8.41. The van der Waals surface area contributed by atoms with Gasteiger partial charge in [-0.1, -0.05) is 130 Å². The Morgan fingerprint density at radius 2 is 1.40 bits per heavy atom. The number of Topliss-reactive ketones (excluding diaryl/α,β-unsaturated/α-hetero) is 3. The first kappa shape index (κ1) is 37.3. The molecule has 0 heterocycles. The van der Waals surface area contributed by atoms with E-state index in [1.54, 1.807) is 0 Å². The molecule has 1 aromatic rings. The first-order valence-electron chi connectivity index (χ1n) is 21.2.